The summed E-state index contributed by atoms with van der Waals surface area (Å²) in [5.41, 5.74) is 12.5. The maximum absolute atomic E-state index is 8.55. The monoisotopic (exact) mass is 988 g/mol. The van der Waals surface area contributed by atoms with E-state index in [0.29, 0.717) is 0 Å². The molecule has 0 atom stereocenters. The first-order valence-electron chi connectivity index (χ1n) is 21.5. The molecule has 3 aromatic heterocycles. The number of rotatable bonds is 8. The summed E-state index contributed by atoms with van der Waals surface area (Å²) >= 11 is 0. The van der Waals surface area contributed by atoms with E-state index in [1.54, 1.807) is 0 Å². The van der Waals surface area contributed by atoms with Crippen LogP contribution in [0.15, 0.2) is 180 Å². The number of furan rings is 1. The molecule has 7 aromatic carbocycles. The molecule has 0 fully saturated rings. The van der Waals surface area contributed by atoms with Crippen molar-refractivity contribution in [1.82, 2.24) is 14.5 Å². The van der Waals surface area contributed by atoms with E-state index >= 15 is 0 Å². The van der Waals surface area contributed by atoms with Crippen molar-refractivity contribution >= 4 is 46.2 Å². The van der Waals surface area contributed by atoms with Crippen molar-refractivity contribution in [3.63, 3.8) is 0 Å². The van der Waals surface area contributed by atoms with Gasteiger partial charge in [0.05, 0.1) is 36.2 Å². The second kappa shape index (κ2) is 17.8. The van der Waals surface area contributed by atoms with Crippen molar-refractivity contribution in [3.8, 4) is 50.6 Å². The van der Waals surface area contributed by atoms with Crippen molar-refractivity contribution in [2.75, 3.05) is 0 Å². The van der Waals surface area contributed by atoms with E-state index in [1.807, 2.05) is 80.7 Å². The second-order valence-corrected chi connectivity index (χ2v) is 21.4. The van der Waals surface area contributed by atoms with E-state index in [9.17, 15) is 0 Å². The summed E-state index contributed by atoms with van der Waals surface area (Å²) in [6.45, 7) is 10.6. The molecule has 0 unspecified atom stereocenters. The summed E-state index contributed by atoms with van der Waals surface area (Å²) in [7, 11) is -1.67. The summed E-state index contributed by atoms with van der Waals surface area (Å²) in [6.07, 6.45) is 0.528. The first-order valence-corrected chi connectivity index (χ1v) is 24.0. The smallest absolute Gasteiger partial charge is 0.120 e. The van der Waals surface area contributed by atoms with E-state index in [1.165, 1.54) is 0 Å². The molecule has 3 heterocycles. The van der Waals surface area contributed by atoms with E-state index in [4.69, 9.17) is 12.1 Å². The SMILES string of the molecule is [2H]C([2H])(c1cc(-c2[c-]cccc2)ncc1[Si](C)(C)C)C(C)C.[Ir].[c-]1ccc2c(oc3ccccc32)c1-c1nc2ccccc2n1-c1c(-c2ccccc2)cccc1-c1ccccc1. The number of imidazole rings is 1. The van der Waals surface area contributed by atoms with Gasteiger partial charge in [0.25, 0.3) is 0 Å². The minimum Gasteiger partial charge on any atom is -0.501 e. The molecule has 61 heavy (non-hydrogen) atoms. The van der Waals surface area contributed by atoms with Crippen LogP contribution in [-0.4, -0.2) is 22.6 Å². The van der Waals surface area contributed by atoms with Crippen LogP contribution in [0.25, 0.3) is 83.6 Å². The van der Waals surface area contributed by atoms with Gasteiger partial charge in [-0.05, 0) is 52.5 Å². The fourth-order valence-corrected chi connectivity index (χ4v) is 9.35. The van der Waals surface area contributed by atoms with Crippen LogP contribution in [0.1, 0.15) is 22.2 Å². The summed E-state index contributed by atoms with van der Waals surface area (Å²) in [4.78, 5) is 9.81. The molecular formula is C55H47IrN3OSi-2. The summed E-state index contributed by atoms with van der Waals surface area (Å²) in [5, 5.41) is 3.25. The van der Waals surface area contributed by atoms with Gasteiger partial charge in [-0.15, -0.1) is 54.1 Å². The average molecular weight is 988 g/mol. The molecule has 6 heteroatoms. The quantitative estimate of drug-likeness (QED) is 0.113. The molecule has 0 aliphatic rings. The Morgan fingerprint density at radius 2 is 1.34 bits per heavy atom. The van der Waals surface area contributed by atoms with Crippen molar-refractivity contribution in [2.45, 2.75) is 39.9 Å². The van der Waals surface area contributed by atoms with Gasteiger partial charge in [0.15, 0.2) is 0 Å². The normalized spacial score (nSPS) is 12.2. The van der Waals surface area contributed by atoms with Crippen LogP contribution in [0.4, 0.5) is 0 Å². The zero-order valence-corrected chi connectivity index (χ0v) is 38.3. The predicted molar refractivity (Wildman–Crippen MR) is 254 cm³/mol. The Morgan fingerprint density at radius 1 is 0.689 bits per heavy atom. The van der Waals surface area contributed by atoms with Crippen LogP contribution in [0.5, 0.6) is 0 Å². The minimum absolute atomic E-state index is 0. The van der Waals surface area contributed by atoms with Crippen LogP contribution in [0, 0.1) is 18.1 Å². The van der Waals surface area contributed by atoms with Gasteiger partial charge in [-0.2, -0.15) is 0 Å². The number of hydrogen-bond acceptors (Lipinski definition) is 3. The van der Waals surface area contributed by atoms with Gasteiger partial charge in [0, 0.05) is 45.6 Å². The molecule has 1 radical (unpaired) electrons. The number of para-hydroxylation sites is 4. The zero-order valence-electron chi connectivity index (χ0n) is 36.9. The van der Waals surface area contributed by atoms with E-state index in [-0.39, 0.29) is 26.0 Å². The summed E-state index contributed by atoms with van der Waals surface area (Å²) in [5.74, 6) is 0.712. The molecule has 0 aliphatic heterocycles. The number of benzene rings is 7. The van der Waals surface area contributed by atoms with Gasteiger partial charge in [-0.1, -0.05) is 165 Å². The van der Waals surface area contributed by atoms with Crippen LogP contribution < -0.4 is 5.19 Å². The number of pyridine rings is 1. The Hall–Kier alpha value is -6.17. The molecular weight excluding hydrogens is 939 g/mol. The van der Waals surface area contributed by atoms with Crippen molar-refractivity contribution in [2.24, 2.45) is 5.92 Å². The number of hydrogen-bond donors (Lipinski definition) is 0. The molecule has 4 nitrogen and oxygen atoms in total. The average Bonchev–Trinajstić information content (AvgIpc) is 3.88. The molecule has 10 aromatic rings. The third kappa shape index (κ3) is 8.45. The molecule has 0 saturated heterocycles. The minimum atomic E-state index is -1.67. The van der Waals surface area contributed by atoms with Crippen LogP contribution in [0.3, 0.4) is 0 Å². The zero-order chi connectivity index (χ0) is 43.0. The van der Waals surface area contributed by atoms with Crippen molar-refractivity contribution in [3.05, 3.63) is 194 Å². The molecule has 303 valence electrons. The van der Waals surface area contributed by atoms with Gasteiger partial charge >= 0.3 is 0 Å². The molecule has 0 amide bonds. The summed E-state index contributed by atoms with van der Waals surface area (Å²) < 4.78 is 25.9. The van der Waals surface area contributed by atoms with E-state index in [2.05, 4.69) is 151 Å². The Balaban J connectivity index is 0.000000203. The van der Waals surface area contributed by atoms with Crippen LogP contribution in [-0.2, 0) is 26.5 Å². The van der Waals surface area contributed by atoms with Crippen molar-refractivity contribution < 1.29 is 27.3 Å². The maximum Gasteiger partial charge on any atom is 0.120 e. The van der Waals surface area contributed by atoms with Gasteiger partial charge in [-0.25, -0.2) is 0 Å². The van der Waals surface area contributed by atoms with E-state index in [0.717, 1.165) is 94.3 Å². The molecule has 0 saturated carbocycles. The van der Waals surface area contributed by atoms with Gasteiger partial charge in [0.2, 0.25) is 0 Å². The number of aromatic nitrogens is 3. The van der Waals surface area contributed by atoms with Gasteiger partial charge < -0.3 is 14.0 Å². The van der Waals surface area contributed by atoms with Crippen LogP contribution >= 0.6 is 0 Å². The Morgan fingerprint density at radius 3 is 2.02 bits per heavy atom. The maximum atomic E-state index is 8.55. The van der Waals surface area contributed by atoms with Gasteiger partial charge in [0.1, 0.15) is 5.58 Å². The summed E-state index contributed by atoms with van der Waals surface area (Å²) in [6, 6.07) is 64.5. The predicted octanol–water partition coefficient (Wildman–Crippen LogP) is 14.0. The fourth-order valence-electron chi connectivity index (χ4n) is 7.95. The molecule has 10 rings (SSSR count). The molecule has 0 spiro atoms. The third-order valence-corrected chi connectivity index (χ3v) is 12.7. The Bertz CT molecular complexity index is 3120. The number of fused-ring (bicyclic) bond motifs is 4. The second-order valence-electron chi connectivity index (χ2n) is 16.3. The standard InChI is InChI=1S/C37H23N2O.C18H24NSi.Ir/c1-3-13-25(14-4-1)27-18-11-19-28(26-15-5-2-6-16-26)35(27)39-33-23-9-8-22-32(33)38-37(39)31-21-12-20-30-29-17-7-10-24-34(29)40-36(30)31;1-14(2)11-16-12-17(15-9-7-6-8-10-15)19-13-18(16)20(3,4)5;/h1-20,22-24H;6-9,12-14H,11H2,1-5H3;/q2*-1;/i;11D2;. The first-order chi connectivity index (χ1) is 30.0. The van der Waals surface area contributed by atoms with Gasteiger partial charge in [-0.3, -0.25) is 4.98 Å². The fraction of sp³-hybridized carbons (Fsp3) is 0.127. The molecule has 0 N–H and O–H groups in total. The Labute approximate surface area is 376 Å². The van der Waals surface area contributed by atoms with Crippen LogP contribution in [0.2, 0.25) is 19.6 Å². The molecule has 0 bridgehead atoms. The van der Waals surface area contributed by atoms with Crippen molar-refractivity contribution in [1.29, 1.82) is 0 Å². The first kappa shape index (κ1) is 39.0. The number of nitrogens with zero attached hydrogens (tertiary/aromatic N) is 3. The Kier molecular flexibility index (Phi) is 11.4. The third-order valence-electron chi connectivity index (χ3n) is 10.7. The van der Waals surface area contributed by atoms with E-state index < -0.39 is 14.4 Å². The largest absolute Gasteiger partial charge is 0.501 e. The molecule has 0 aliphatic carbocycles. The topological polar surface area (TPSA) is 43.9 Å².